The first kappa shape index (κ1) is 20.8. The highest BCUT2D eigenvalue weighted by molar-refractivity contribution is 5.13. The molecular formula is C20H32. The third kappa shape index (κ3) is 21.7. The van der Waals surface area contributed by atoms with Crippen molar-refractivity contribution >= 4 is 0 Å². The van der Waals surface area contributed by atoms with Crippen molar-refractivity contribution in [3.8, 4) is 0 Å². The molecule has 20 heavy (non-hydrogen) atoms. The van der Waals surface area contributed by atoms with Crippen molar-refractivity contribution in [2.24, 2.45) is 0 Å². The second-order valence-corrected chi connectivity index (χ2v) is 5.45. The fourth-order valence-corrected chi connectivity index (χ4v) is 1.22. The van der Waals surface area contributed by atoms with Gasteiger partial charge in [0, 0.05) is 0 Å². The standard InChI is InChI=1S/2C10H16/c1-9(2)7-5-6-8-10(3)4;1-5-10(4)8-6-7-9(2)3/h5,7-8H,1,6H2,2-4H3;5,7H,1,4,6,8H2,2-3H3/b7-5+;. The van der Waals surface area contributed by atoms with Gasteiger partial charge in [0.2, 0.25) is 0 Å². The summed E-state index contributed by atoms with van der Waals surface area (Å²) in [6.45, 7) is 21.7. The molecule has 0 amide bonds. The first-order valence-electron chi connectivity index (χ1n) is 7.18. The minimum Gasteiger partial charge on any atom is -0.0988 e. The Balaban J connectivity index is 0. The molecule has 0 aliphatic rings. The van der Waals surface area contributed by atoms with E-state index in [9.17, 15) is 0 Å². The predicted octanol–water partition coefficient (Wildman–Crippen LogP) is 6.95. The second-order valence-electron chi connectivity index (χ2n) is 5.45. The van der Waals surface area contributed by atoms with E-state index in [0.717, 1.165) is 30.4 Å². The lowest BCUT2D eigenvalue weighted by Gasteiger charge is -1.94. The van der Waals surface area contributed by atoms with Crippen LogP contribution in [0, 0.1) is 0 Å². The zero-order valence-electron chi connectivity index (χ0n) is 14.1. The highest BCUT2D eigenvalue weighted by Crippen LogP contribution is 2.05. The van der Waals surface area contributed by atoms with Crippen LogP contribution in [0.4, 0.5) is 0 Å². The van der Waals surface area contributed by atoms with Crippen molar-refractivity contribution in [2.45, 2.75) is 53.9 Å². The van der Waals surface area contributed by atoms with Crippen molar-refractivity contribution in [3.63, 3.8) is 0 Å². The summed E-state index contributed by atoms with van der Waals surface area (Å²) in [5, 5.41) is 0. The molecule has 0 fully saturated rings. The van der Waals surface area contributed by atoms with Crippen LogP contribution in [-0.4, -0.2) is 0 Å². The van der Waals surface area contributed by atoms with Gasteiger partial charge in [0.05, 0.1) is 0 Å². The topological polar surface area (TPSA) is 0 Å². The fourth-order valence-electron chi connectivity index (χ4n) is 1.22. The van der Waals surface area contributed by atoms with Gasteiger partial charge in [0.1, 0.15) is 0 Å². The molecule has 0 rings (SSSR count). The summed E-state index contributed by atoms with van der Waals surface area (Å²) in [6.07, 6.45) is 13.5. The molecule has 112 valence electrons. The van der Waals surface area contributed by atoms with Gasteiger partial charge in [-0.05, 0) is 53.9 Å². The van der Waals surface area contributed by atoms with E-state index in [0.29, 0.717) is 0 Å². The van der Waals surface area contributed by atoms with Gasteiger partial charge in [-0.3, -0.25) is 0 Å². The number of allylic oxidation sites excluding steroid dienone is 9. The summed E-state index contributed by atoms with van der Waals surface area (Å²) < 4.78 is 0. The summed E-state index contributed by atoms with van der Waals surface area (Å²) in [5.41, 5.74) is 4.97. The van der Waals surface area contributed by atoms with Crippen LogP contribution in [0.5, 0.6) is 0 Å². The van der Waals surface area contributed by atoms with Crippen LogP contribution in [0.25, 0.3) is 0 Å². The zero-order chi connectivity index (χ0) is 16.0. The van der Waals surface area contributed by atoms with E-state index in [1.807, 2.05) is 19.1 Å². The smallest absolute Gasteiger partial charge is 0.0163 e. The monoisotopic (exact) mass is 272 g/mol. The minimum atomic E-state index is 1.02. The number of hydrogen-bond donors (Lipinski definition) is 0. The summed E-state index contributed by atoms with van der Waals surface area (Å²) in [4.78, 5) is 0. The summed E-state index contributed by atoms with van der Waals surface area (Å²) >= 11 is 0. The van der Waals surface area contributed by atoms with Gasteiger partial charge >= 0.3 is 0 Å². The van der Waals surface area contributed by atoms with Gasteiger partial charge in [-0.25, -0.2) is 0 Å². The van der Waals surface area contributed by atoms with Crippen molar-refractivity contribution in [1.29, 1.82) is 0 Å². The maximum Gasteiger partial charge on any atom is -0.0163 e. The third-order valence-corrected chi connectivity index (χ3v) is 2.37. The molecule has 0 saturated carbocycles. The summed E-state index contributed by atoms with van der Waals surface area (Å²) in [7, 11) is 0. The molecule has 0 aromatic rings. The van der Waals surface area contributed by atoms with Crippen LogP contribution < -0.4 is 0 Å². The van der Waals surface area contributed by atoms with Gasteiger partial charge in [-0.15, -0.1) is 0 Å². The van der Waals surface area contributed by atoms with Gasteiger partial charge in [-0.2, -0.15) is 0 Å². The SMILES string of the molecule is C=C(C)/C=C/CC=C(C)C.C=CC(=C)CCC=C(C)C. The normalized spacial score (nSPS) is 9.25. The van der Waals surface area contributed by atoms with Gasteiger partial charge in [0.25, 0.3) is 0 Å². The summed E-state index contributed by atoms with van der Waals surface area (Å²) in [5.74, 6) is 0. The lowest BCUT2D eigenvalue weighted by Crippen LogP contribution is -1.74. The Morgan fingerprint density at radius 2 is 1.45 bits per heavy atom. The molecule has 0 aromatic carbocycles. The average Bonchev–Trinajstić information content (AvgIpc) is 2.34. The molecule has 0 spiro atoms. The molecule has 0 unspecified atom stereocenters. The molecular weight excluding hydrogens is 240 g/mol. The fraction of sp³-hybridized carbons (Fsp3) is 0.400. The molecule has 0 atom stereocenters. The molecule has 0 aromatic heterocycles. The minimum absolute atomic E-state index is 1.02. The lowest BCUT2D eigenvalue weighted by atomic mass is 10.1. The van der Waals surface area contributed by atoms with Crippen LogP contribution in [0.15, 0.2) is 72.4 Å². The van der Waals surface area contributed by atoms with Crippen molar-refractivity contribution in [2.75, 3.05) is 0 Å². The maximum atomic E-state index is 3.82. The van der Waals surface area contributed by atoms with E-state index in [-0.39, 0.29) is 0 Å². The van der Waals surface area contributed by atoms with E-state index in [1.165, 1.54) is 11.1 Å². The zero-order valence-corrected chi connectivity index (χ0v) is 14.1. The second kappa shape index (κ2) is 13.9. The van der Waals surface area contributed by atoms with Crippen molar-refractivity contribution in [3.05, 3.63) is 72.4 Å². The number of rotatable bonds is 7. The van der Waals surface area contributed by atoms with Gasteiger partial charge in [0.15, 0.2) is 0 Å². The molecule has 0 saturated heterocycles. The Bertz CT molecular complexity index is 378. The Morgan fingerprint density at radius 3 is 1.85 bits per heavy atom. The highest BCUT2D eigenvalue weighted by Gasteiger charge is 1.84. The highest BCUT2D eigenvalue weighted by atomic mass is 13.9. The molecule has 0 aliphatic heterocycles. The Kier molecular flexibility index (Phi) is 14.4. The Labute approximate surface area is 127 Å². The molecule has 0 aliphatic carbocycles. The molecule has 0 radical (unpaired) electrons. The molecule has 0 bridgehead atoms. The first-order valence-corrected chi connectivity index (χ1v) is 7.18. The molecule has 0 heterocycles. The molecule has 0 nitrogen and oxygen atoms in total. The van der Waals surface area contributed by atoms with Gasteiger partial charge in [-0.1, -0.05) is 72.4 Å². The van der Waals surface area contributed by atoms with E-state index >= 15 is 0 Å². The maximum absolute atomic E-state index is 3.82. The van der Waals surface area contributed by atoms with Crippen molar-refractivity contribution in [1.82, 2.24) is 0 Å². The van der Waals surface area contributed by atoms with Crippen LogP contribution in [0.2, 0.25) is 0 Å². The van der Waals surface area contributed by atoms with Gasteiger partial charge < -0.3 is 0 Å². The van der Waals surface area contributed by atoms with E-state index < -0.39 is 0 Å². The quantitative estimate of drug-likeness (QED) is 0.347. The Morgan fingerprint density at radius 1 is 0.900 bits per heavy atom. The predicted molar refractivity (Wildman–Crippen MR) is 96.0 cm³/mol. The van der Waals surface area contributed by atoms with Crippen molar-refractivity contribution < 1.29 is 0 Å². The molecule has 0 N–H and O–H groups in total. The third-order valence-electron chi connectivity index (χ3n) is 2.37. The van der Waals surface area contributed by atoms with Crippen LogP contribution in [0.3, 0.4) is 0 Å². The van der Waals surface area contributed by atoms with Crippen LogP contribution >= 0.6 is 0 Å². The lowest BCUT2D eigenvalue weighted by molar-refractivity contribution is 0.999. The largest absolute Gasteiger partial charge is 0.0988 e. The number of hydrogen-bond acceptors (Lipinski definition) is 0. The van der Waals surface area contributed by atoms with E-state index in [2.05, 4.69) is 65.7 Å². The first-order chi connectivity index (χ1) is 9.29. The molecule has 0 heteroatoms. The average molecular weight is 272 g/mol. The van der Waals surface area contributed by atoms with Crippen LogP contribution in [0.1, 0.15) is 53.9 Å². The van der Waals surface area contributed by atoms with Crippen LogP contribution in [-0.2, 0) is 0 Å². The summed E-state index contributed by atoms with van der Waals surface area (Å²) in [6, 6.07) is 0. The van der Waals surface area contributed by atoms with E-state index in [4.69, 9.17) is 0 Å². The Hall–Kier alpha value is -1.56. The van der Waals surface area contributed by atoms with E-state index in [1.54, 1.807) is 0 Å².